The summed E-state index contributed by atoms with van der Waals surface area (Å²) in [6, 6.07) is -0.411. The fraction of sp³-hybridized carbons (Fsp3) is 0.909. The molecule has 1 rings (SSSR count). The summed E-state index contributed by atoms with van der Waals surface area (Å²) in [6.45, 7) is 2.44. The van der Waals surface area contributed by atoms with E-state index in [-0.39, 0.29) is 36.3 Å². The lowest BCUT2D eigenvalue weighted by molar-refractivity contribution is -0.122. The first-order chi connectivity index (χ1) is 6.98. The average molecular weight is 286 g/mol. The van der Waals surface area contributed by atoms with Gasteiger partial charge in [0.25, 0.3) is 0 Å². The molecule has 0 bridgehead atoms. The third-order valence-electron chi connectivity index (χ3n) is 3.49. The van der Waals surface area contributed by atoms with Gasteiger partial charge in [-0.1, -0.05) is 12.8 Å². The van der Waals surface area contributed by atoms with E-state index in [0.717, 1.165) is 6.54 Å². The molecule has 1 aliphatic rings. The van der Waals surface area contributed by atoms with Crippen LogP contribution in [0.25, 0.3) is 0 Å². The second kappa shape index (κ2) is 8.14. The molecule has 1 aliphatic carbocycles. The summed E-state index contributed by atoms with van der Waals surface area (Å²) in [6.07, 6.45) is 4.84. The smallest absolute Gasteiger partial charge is 0.236 e. The first-order valence-electron chi connectivity index (χ1n) is 5.69. The highest BCUT2D eigenvalue weighted by molar-refractivity contribution is 5.85. The van der Waals surface area contributed by atoms with Crippen LogP contribution in [0.5, 0.6) is 0 Å². The minimum atomic E-state index is -0.411. The molecule has 0 radical (unpaired) electrons. The van der Waals surface area contributed by atoms with Crippen molar-refractivity contribution in [1.82, 2.24) is 10.2 Å². The van der Waals surface area contributed by atoms with Crippen LogP contribution < -0.4 is 11.1 Å². The topological polar surface area (TPSA) is 58.4 Å². The van der Waals surface area contributed by atoms with Gasteiger partial charge in [-0.15, -0.1) is 24.8 Å². The lowest BCUT2D eigenvalue weighted by atomic mass is 9.96. The summed E-state index contributed by atoms with van der Waals surface area (Å²) in [5, 5.41) is 2.94. The van der Waals surface area contributed by atoms with Crippen LogP contribution in [-0.2, 0) is 4.79 Å². The molecule has 1 fully saturated rings. The van der Waals surface area contributed by atoms with Crippen molar-refractivity contribution in [3.8, 4) is 0 Å². The monoisotopic (exact) mass is 285 g/mol. The van der Waals surface area contributed by atoms with Gasteiger partial charge in [0.2, 0.25) is 5.91 Å². The maximum Gasteiger partial charge on any atom is 0.236 e. The molecular formula is C11H25Cl2N3O. The highest BCUT2D eigenvalue weighted by Gasteiger charge is 2.36. The fourth-order valence-electron chi connectivity index (χ4n) is 2.23. The summed E-state index contributed by atoms with van der Waals surface area (Å²) in [5.41, 5.74) is 5.67. The zero-order valence-electron chi connectivity index (χ0n) is 10.9. The Bertz CT molecular complexity index is 229. The molecule has 104 valence electrons. The van der Waals surface area contributed by atoms with E-state index in [9.17, 15) is 4.79 Å². The number of nitrogens with zero attached hydrogens (tertiary/aromatic N) is 1. The van der Waals surface area contributed by atoms with Gasteiger partial charge in [0.1, 0.15) is 0 Å². The first kappa shape index (κ1) is 19.3. The predicted molar refractivity (Wildman–Crippen MR) is 76.0 cm³/mol. The molecule has 0 saturated heterocycles. The molecular weight excluding hydrogens is 261 g/mol. The molecule has 1 saturated carbocycles. The Morgan fingerprint density at radius 3 is 2.18 bits per heavy atom. The van der Waals surface area contributed by atoms with Gasteiger partial charge in [-0.05, 0) is 33.9 Å². The molecule has 0 aromatic rings. The lowest BCUT2D eigenvalue weighted by Gasteiger charge is -2.36. The molecule has 3 N–H and O–H groups in total. The molecule has 4 nitrogen and oxygen atoms in total. The third-order valence-corrected chi connectivity index (χ3v) is 3.49. The molecule has 1 unspecified atom stereocenters. The van der Waals surface area contributed by atoms with Gasteiger partial charge in [-0.25, -0.2) is 0 Å². The summed E-state index contributed by atoms with van der Waals surface area (Å²) >= 11 is 0. The zero-order chi connectivity index (χ0) is 11.5. The maximum absolute atomic E-state index is 11.4. The van der Waals surface area contributed by atoms with Gasteiger partial charge in [-0.2, -0.15) is 0 Å². The van der Waals surface area contributed by atoms with Crippen LogP contribution in [0.2, 0.25) is 0 Å². The Balaban J connectivity index is 0. The summed E-state index contributed by atoms with van der Waals surface area (Å²) < 4.78 is 0. The summed E-state index contributed by atoms with van der Waals surface area (Å²) in [4.78, 5) is 13.6. The van der Waals surface area contributed by atoms with E-state index in [0.29, 0.717) is 0 Å². The van der Waals surface area contributed by atoms with Crippen LogP contribution in [-0.4, -0.2) is 43.0 Å². The number of hydrogen-bond donors (Lipinski definition) is 2. The summed E-state index contributed by atoms with van der Waals surface area (Å²) in [5.74, 6) is -0.0527. The molecule has 0 aromatic heterocycles. The van der Waals surface area contributed by atoms with E-state index in [2.05, 4.69) is 24.3 Å². The van der Waals surface area contributed by atoms with Crippen molar-refractivity contribution in [1.29, 1.82) is 0 Å². The van der Waals surface area contributed by atoms with Gasteiger partial charge in [0, 0.05) is 12.1 Å². The molecule has 0 aromatic carbocycles. The molecule has 6 heteroatoms. The number of nitrogens with one attached hydrogen (secondary N) is 1. The number of nitrogens with two attached hydrogens (primary N) is 1. The largest absolute Gasteiger partial charge is 0.353 e. The Hall–Kier alpha value is -0.0300. The number of hydrogen-bond acceptors (Lipinski definition) is 3. The first-order valence-corrected chi connectivity index (χ1v) is 5.69. The number of halogens is 2. The number of amides is 1. The van der Waals surface area contributed by atoms with Crippen molar-refractivity contribution in [2.75, 3.05) is 20.6 Å². The van der Waals surface area contributed by atoms with Crippen molar-refractivity contribution < 1.29 is 4.79 Å². The molecule has 1 atom stereocenters. The molecule has 0 aliphatic heterocycles. The van der Waals surface area contributed by atoms with Crippen molar-refractivity contribution in [3.63, 3.8) is 0 Å². The van der Waals surface area contributed by atoms with E-state index < -0.39 is 6.04 Å². The number of rotatable bonds is 4. The van der Waals surface area contributed by atoms with E-state index >= 15 is 0 Å². The quantitative estimate of drug-likeness (QED) is 0.815. The van der Waals surface area contributed by atoms with E-state index in [1.807, 2.05) is 0 Å². The number of likely N-dealkylation sites (N-methyl/N-ethyl adjacent to an activating group) is 1. The minimum absolute atomic E-state index is 0. The van der Waals surface area contributed by atoms with Crippen molar-refractivity contribution in [2.45, 2.75) is 44.2 Å². The minimum Gasteiger partial charge on any atom is -0.353 e. The predicted octanol–water partition coefficient (Wildman–Crippen LogP) is 1.17. The van der Waals surface area contributed by atoms with E-state index in [4.69, 9.17) is 5.73 Å². The van der Waals surface area contributed by atoms with Crippen molar-refractivity contribution >= 4 is 30.7 Å². The zero-order valence-corrected chi connectivity index (χ0v) is 12.5. The molecule has 1 amide bonds. The van der Waals surface area contributed by atoms with E-state index in [1.165, 1.54) is 25.7 Å². The SMILES string of the molecule is CC(N)C(=O)NCC1(N(C)C)CCCC1.Cl.Cl. The van der Waals surface area contributed by atoms with Crippen molar-refractivity contribution in [2.24, 2.45) is 5.73 Å². The third kappa shape index (κ3) is 5.00. The van der Waals surface area contributed by atoms with Gasteiger partial charge in [0.05, 0.1) is 6.04 Å². The fourth-order valence-corrected chi connectivity index (χ4v) is 2.23. The molecule has 17 heavy (non-hydrogen) atoms. The summed E-state index contributed by atoms with van der Waals surface area (Å²) in [7, 11) is 4.17. The van der Waals surface area contributed by atoms with Crippen LogP contribution in [0.4, 0.5) is 0 Å². The Morgan fingerprint density at radius 1 is 1.35 bits per heavy atom. The highest BCUT2D eigenvalue weighted by Crippen LogP contribution is 2.32. The lowest BCUT2D eigenvalue weighted by Crippen LogP contribution is -2.52. The Morgan fingerprint density at radius 2 is 1.82 bits per heavy atom. The van der Waals surface area contributed by atoms with Crippen LogP contribution in [0.15, 0.2) is 0 Å². The second-order valence-corrected chi connectivity index (χ2v) is 4.83. The van der Waals surface area contributed by atoms with Crippen LogP contribution >= 0.6 is 24.8 Å². The average Bonchev–Trinajstić information content (AvgIpc) is 2.63. The van der Waals surface area contributed by atoms with Gasteiger partial charge in [0.15, 0.2) is 0 Å². The Labute approximate surface area is 117 Å². The molecule has 0 heterocycles. The number of carbonyl (C=O) groups excluding carboxylic acids is 1. The van der Waals surface area contributed by atoms with Gasteiger partial charge < -0.3 is 16.0 Å². The van der Waals surface area contributed by atoms with Crippen LogP contribution in [0.3, 0.4) is 0 Å². The number of carbonyl (C=O) groups is 1. The maximum atomic E-state index is 11.4. The van der Waals surface area contributed by atoms with E-state index in [1.54, 1.807) is 6.92 Å². The standard InChI is InChI=1S/C11H23N3O.2ClH/c1-9(12)10(15)13-8-11(14(2)3)6-4-5-7-11;;/h9H,4-8,12H2,1-3H3,(H,13,15);2*1H. The van der Waals surface area contributed by atoms with Gasteiger partial charge in [-0.3, -0.25) is 4.79 Å². The Kier molecular flexibility index (Phi) is 9.25. The van der Waals surface area contributed by atoms with Crippen LogP contribution in [0.1, 0.15) is 32.6 Å². The van der Waals surface area contributed by atoms with Crippen LogP contribution in [0, 0.1) is 0 Å². The van der Waals surface area contributed by atoms with Gasteiger partial charge >= 0.3 is 0 Å². The highest BCUT2D eigenvalue weighted by atomic mass is 35.5. The van der Waals surface area contributed by atoms with Crippen molar-refractivity contribution in [3.05, 3.63) is 0 Å². The molecule has 0 spiro atoms. The normalized spacial score (nSPS) is 19.1. The second-order valence-electron chi connectivity index (χ2n) is 4.83.